The lowest BCUT2D eigenvalue weighted by Crippen LogP contribution is -2.38. The zero-order valence-corrected chi connectivity index (χ0v) is 17.0. The number of hydrogen-bond acceptors (Lipinski definition) is 1. The summed E-state index contributed by atoms with van der Waals surface area (Å²) in [5.74, 6) is 2.70. The Morgan fingerprint density at radius 1 is 1.17 bits per heavy atom. The fraction of sp³-hybridized carbons (Fsp3) is 0.913. The molecule has 2 rings (SSSR count). The molecule has 24 heavy (non-hydrogen) atoms. The molecule has 0 aromatic heterocycles. The van der Waals surface area contributed by atoms with E-state index >= 15 is 0 Å². The highest BCUT2D eigenvalue weighted by Gasteiger charge is 2.44. The quantitative estimate of drug-likeness (QED) is 0.487. The summed E-state index contributed by atoms with van der Waals surface area (Å²) in [5, 5.41) is 11.3. The number of hydrogen-bond donors (Lipinski definition) is 1. The van der Waals surface area contributed by atoms with Crippen molar-refractivity contribution in [2.24, 2.45) is 29.1 Å². The predicted octanol–water partition coefficient (Wildman–Crippen LogP) is 6.75. The second kappa shape index (κ2) is 7.94. The number of aliphatic hydroxyl groups is 1. The van der Waals surface area contributed by atoms with Crippen LogP contribution < -0.4 is 0 Å². The predicted molar refractivity (Wildman–Crippen MR) is 105 cm³/mol. The Kier molecular flexibility index (Phi) is 6.62. The Bertz CT molecular complexity index is 414. The van der Waals surface area contributed by atoms with Crippen molar-refractivity contribution in [1.82, 2.24) is 0 Å². The summed E-state index contributed by atoms with van der Waals surface area (Å²) in [6, 6.07) is 0. The molecule has 2 aliphatic carbocycles. The third-order valence-electron chi connectivity index (χ3n) is 7.73. The molecule has 2 aliphatic rings. The molecule has 1 heteroatoms. The molecule has 0 saturated heterocycles. The highest BCUT2D eigenvalue weighted by atomic mass is 16.3. The van der Waals surface area contributed by atoms with E-state index in [0.717, 1.165) is 24.7 Å². The third kappa shape index (κ3) is 4.26. The van der Waals surface area contributed by atoms with Crippen LogP contribution in [0.15, 0.2) is 12.2 Å². The smallest absolute Gasteiger partial charge is 0.0687 e. The largest absolute Gasteiger partial charge is 0.390 e. The highest BCUT2D eigenvalue weighted by molar-refractivity contribution is 5.09. The molecule has 0 radical (unpaired) electrons. The van der Waals surface area contributed by atoms with Gasteiger partial charge in [-0.15, -0.1) is 0 Å². The van der Waals surface area contributed by atoms with Gasteiger partial charge < -0.3 is 5.11 Å². The minimum Gasteiger partial charge on any atom is -0.390 e. The van der Waals surface area contributed by atoms with Crippen molar-refractivity contribution < 1.29 is 5.11 Å². The van der Waals surface area contributed by atoms with Crippen molar-refractivity contribution in [3.8, 4) is 0 Å². The summed E-state index contributed by atoms with van der Waals surface area (Å²) in [6.45, 7) is 15.9. The van der Waals surface area contributed by atoms with Crippen molar-refractivity contribution in [1.29, 1.82) is 0 Å². The van der Waals surface area contributed by atoms with E-state index in [9.17, 15) is 5.11 Å². The van der Waals surface area contributed by atoms with Crippen molar-refractivity contribution in [2.75, 3.05) is 0 Å². The van der Waals surface area contributed by atoms with E-state index in [1.807, 2.05) is 0 Å². The van der Waals surface area contributed by atoms with E-state index in [1.165, 1.54) is 56.9 Å². The van der Waals surface area contributed by atoms with Crippen LogP contribution in [0.25, 0.3) is 0 Å². The third-order valence-corrected chi connectivity index (χ3v) is 7.73. The van der Waals surface area contributed by atoms with Gasteiger partial charge in [-0.2, -0.15) is 0 Å². The monoisotopic (exact) mass is 334 g/mol. The molecule has 2 fully saturated rings. The maximum absolute atomic E-state index is 11.3. The first-order chi connectivity index (χ1) is 11.2. The van der Waals surface area contributed by atoms with Crippen LogP contribution in [0.1, 0.15) is 98.8 Å². The van der Waals surface area contributed by atoms with E-state index < -0.39 is 5.60 Å². The maximum atomic E-state index is 11.3. The van der Waals surface area contributed by atoms with Crippen molar-refractivity contribution in [3.05, 3.63) is 12.2 Å². The standard InChI is InChI=1S/C23H42O/c1-7-19-13-20(8-2)21(14-19)22(6,24)15-18(5)16-23(17(3)4)11-9-10-12-23/h17,19-21,24H,5,7-16H2,1-4,6H3. The Labute approximate surface area is 151 Å². The second-order valence-corrected chi connectivity index (χ2v) is 9.71. The maximum Gasteiger partial charge on any atom is 0.0687 e. The van der Waals surface area contributed by atoms with Crippen molar-refractivity contribution in [3.63, 3.8) is 0 Å². The molecule has 0 aromatic carbocycles. The molecular weight excluding hydrogens is 292 g/mol. The summed E-state index contributed by atoms with van der Waals surface area (Å²) in [4.78, 5) is 0. The summed E-state index contributed by atoms with van der Waals surface area (Å²) >= 11 is 0. The molecule has 140 valence electrons. The molecule has 0 heterocycles. The molecule has 0 bridgehead atoms. The first-order valence-corrected chi connectivity index (χ1v) is 10.6. The zero-order chi connectivity index (χ0) is 18.0. The molecule has 1 nitrogen and oxygen atoms in total. The van der Waals surface area contributed by atoms with Crippen LogP contribution in [0.5, 0.6) is 0 Å². The fourth-order valence-corrected chi connectivity index (χ4v) is 6.02. The first-order valence-electron chi connectivity index (χ1n) is 10.6. The van der Waals surface area contributed by atoms with Gasteiger partial charge in [0, 0.05) is 0 Å². The lowest BCUT2D eigenvalue weighted by Gasteiger charge is -2.38. The molecule has 0 aliphatic heterocycles. The lowest BCUT2D eigenvalue weighted by molar-refractivity contribution is -0.0201. The van der Waals surface area contributed by atoms with Gasteiger partial charge in [-0.1, -0.05) is 65.5 Å². The average Bonchev–Trinajstić information content (AvgIpc) is 3.13. The van der Waals surface area contributed by atoms with Gasteiger partial charge in [0.1, 0.15) is 0 Å². The van der Waals surface area contributed by atoms with E-state index in [0.29, 0.717) is 17.3 Å². The van der Waals surface area contributed by atoms with Gasteiger partial charge >= 0.3 is 0 Å². The highest BCUT2D eigenvalue weighted by Crippen LogP contribution is 2.51. The average molecular weight is 335 g/mol. The minimum absolute atomic E-state index is 0.457. The van der Waals surface area contributed by atoms with Crippen LogP contribution >= 0.6 is 0 Å². The van der Waals surface area contributed by atoms with Gasteiger partial charge in [0.15, 0.2) is 0 Å². The van der Waals surface area contributed by atoms with Crippen LogP contribution in [0.3, 0.4) is 0 Å². The molecule has 0 amide bonds. The van der Waals surface area contributed by atoms with Gasteiger partial charge in [-0.25, -0.2) is 0 Å². The topological polar surface area (TPSA) is 20.2 Å². The van der Waals surface area contributed by atoms with Gasteiger partial charge in [0.2, 0.25) is 0 Å². The summed E-state index contributed by atoms with van der Waals surface area (Å²) < 4.78 is 0. The summed E-state index contributed by atoms with van der Waals surface area (Å²) in [6.07, 6.45) is 12.4. The van der Waals surface area contributed by atoms with Crippen molar-refractivity contribution >= 4 is 0 Å². The van der Waals surface area contributed by atoms with E-state index in [4.69, 9.17) is 0 Å². The van der Waals surface area contributed by atoms with Crippen LogP contribution in [0, 0.1) is 29.1 Å². The van der Waals surface area contributed by atoms with Crippen LogP contribution in [-0.4, -0.2) is 10.7 Å². The Morgan fingerprint density at radius 3 is 2.29 bits per heavy atom. The van der Waals surface area contributed by atoms with Crippen molar-refractivity contribution in [2.45, 2.75) is 104 Å². The van der Waals surface area contributed by atoms with Crippen LogP contribution in [0.2, 0.25) is 0 Å². The normalized spacial score (nSPS) is 32.2. The van der Waals surface area contributed by atoms with Gasteiger partial charge in [0.05, 0.1) is 5.60 Å². The van der Waals surface area contributed by atoms with E-state index in [1.54, 1.807) is 0 Å². The minimum atomic E-state index is -0.571. The van der Waals surface area contributed by atoms with Crippen LogP contribution in [-0.2, 0) is 0 Å². The first kappa shape index (κ1) is 20.0. The Morgan fingerprint density at radius 2 is 1.79 bits per heavy atom. The molecule has 0 spiro atoms. The zero-order valence-electron chi connectivity index (χ0n) is 17.0. The lowest BCUT2D eigenvalue weighted by atomic mass is 9.69. The van der Waals surface area contributed by atoms with Gasteiger partial charge in [-0.3, -0.25) is 0 Å². The Hall–Kier alpha value is -0.300. The summed E-state index contributed by atoms with van der Waals surface area (Å²) in [7, 11) is 0. The Balaban J connectivity index is 2.01. The molecule has 2 saturated carbocycles. The second-order valence-electron chi connectivity index (χ2n) is 9.71. The van der Waals surface area contributed by atoms with Gasteiger partial charge in [-0.05, 0) is 74.5 Å². The van der Waals surface area contributed by atoms with E-state index in [2.05, 4.69) is 41.2 Å². The van der Waals surface area contributed by atoms with Gasteiger partial charge in [0.25, 0.3) is 0 Å². The number of rotatable bonds is 8. The molecule has 1 N–H and O–H groups in total. The molecular formula is C23H42O. The molecule has 0 aromatic rings. The SMILES string of the molecule is C=C(CC(C)(O)C1CC(CC)CC1CC)CC1(C(C)C)CCCC1. The fourth-order valence-electron chi connectivity index (χ4n) is 6.02. The summed E-state index contributed by atoms with van der Waals surface area (Å²) in [5.41, 5.74) is 1.18. The molecule has 4 atom stereocenters. The van der Waals surface area contributed by atoms with E-state index in [-0.39, 0.29) is 0 Å². The van der Waals surface area contributed by atoms with Crippen LogP contribution in [0.4, 0.5) is 0 Å². The molecule has 4 unspecified atom stereocenters.